The first-order chi connectivity index (χ1) is 12.3. The largest absolute Gasteiger partial charge is 0.479 e. The SMILES string of the molecule is CCOC1CC(NC(=O)CSc2nc3ccccc3s2)(C(=O)O)C1(C)C. The summed E-state index contributed by atoms with van der Waals surface area (Å²) in [5.41, 5.74) is -1.06. The lowest BCUT2D eigenvalue weighted by Crippen LogP contribution is -2.76. The van der Waals surface area contributed by atoms with E-state index < -0.39 is 16.9 Å². The molecule has 0 spiro atoms. The number of fused-ring (bicyclic) bond motifs is 1. The number of carboxylic acid groups (broad SMARTS) is 1. The molecule has 1 saturated carbocycles. The Labute approximate surface area is 160 Å². The summed E-state index contributed by atoms with van der Waals surface area (Å²) < 4.78 is 7.48. The zero-order chi connectivity index (χ0) is 18.9. The minimum absolute atomic E-state index is 0.129. The van der Waals surface area contributed by atoms with E-state index in [1.54, 1.807) is 0 Å². The van der Waals surface area contributed by atoms with Crippen molar-refractivity contribution in [2.24, 2.45) is 5.41 Å². The van der Waals surface area contributed by atoms with Gasteiger partial charge in [0.25, 0.3) is 0 Å². The van der Waals surface area contributed by atoms with Crippen molar-refractivity contribution in [3.63, 3.8) is 0 Å². The number of hydrogen-bond acceptors (Lipinski definition) is 6. The number of nitrogens with one attached hydrogen (secondary N) is 1. The first-order valence-electron chi connectivity index (χ1n) is 8.44. The Balaban J connectivity index is 1.65. The number of carboxylic acids is 1. The number of benzene rings is 1. The topological polar surface area (TPSA) is 88.5 Å². The molecule has 1 fully saturated rings. The van der Waals surface area contributed by atoms with E-state index in [0.717, 1.165) is 14.6 Å². The van der Waals surface area contributed by atoms with Crippen LogP contribution in [-0.2, 0) is 14.3 Å². The van der Waals surface area contributed by atoms with Crippen LogP contribution >= 0.6 is 23.1 Å². The van der Waals surface area contributed by atoms with E-state index in [1.165, 1.54) is 23.1 Å². The molecule has 140 valence electrons. The van der Waals surface area contributed by atoms with Crippen molar-refractivity contribution >= 4 is 45.2 Å². The lowest BCUT2D eigenvalue weighted by Gasteiger charge is -2.58. The molecule has 2 atom stereocenters. The van der Waals surface area contributed by atoms with Crippen molar-refractivity contribution in [1.82, 2.24) is 10.3 Å². The first-order valence-corrected chi connectivity index (χ1v) is 10.2. The van der Waals surface area contributed by atoms with Crippen molar-refractivity contribution in [1.29, 1.82) is 0 Å². The second kappa shape index (κ2) is 7.17. The average Bonchev–Trinajstić information content (AvgIpc) is 3.01. The summed E-state index contributed by atoms with van der Waals surface area (Å²) in [5, 5.41) is 12.5. The predicted octanol–water partition coefficient (Wildman–Crippen LogP) is 3.16. The molecule has 0 saturated heterocycles. The van der Waals surface area contributed by atoms with Gasteiger partial charge in [-0.05, 0) is 19.1 Å². The third-order valence-corrected chi connectivity index (χ3v) is 7.26. The third-order valence-electron chi connectivity index (χ3n) is 5.08. The highest BCUT2D eigenvalue weighted by Gasteiger charge is 2.66. The highest BCUT2D eigenvalue weighted by Crippen LogP contribution is 2.51. The molecule has 1 amide bonds. The monoisotopic (exact) mass is 394 g/mol. The summed E-state index contributed by atoms with van der Waals surface area (Å²) in [6, 6.07) is 7.79. The van der Waals surface area contributed by atoms with Gasteiger partial charge in [-0.15, -0.1) is 11.3 Å². The third kappa shape index (κ3) is 3.21. The van der Waals surface area contributed by atoms with Gasteiger partial charge in [-0.25, -0.2) is 9.78 Å². The molecule has 2 unspecified atom stereocenters. The van der Waals surface area contributed by atoms with Gasteiger partial charge in [-0.3, -0.25) is 4.79 Å². The van der Waals surface area contributed by atoms with Crippen LogP contribution in [-0.4, -0.2) is 46.0 Å². The molecule has 3 rings (SSSR count). The van der Waals surface area contributed by atoms with Gasteiger partial charge in [-0.2, -0.15) is 0 Å². The van der Waals surface area contributed by atoms with E-state index in [0.29, 0.717) is 6.61 Å². The van der Waals surface area contributed by atoms with E-state index in [9.17, 15) is 14.7 Å². The van der Waals surface area contributed by atoms with E-state index in [2.05, 4.69) is 10.3 Å². The van der Waals surface area contributed by atoms with Gasteiger partial charge in [0.1, 0.15) is 5.54 Å². The Bertz CT molecular complexity index is 802. The molecule has 0 bridgehead atoms. The van der Waals surface area contributed by atoms with Crippen molar-refractivity contribution < 1.29 is 19.4 Å². The highest BCUT2D eigenvalue weighted by molar-refractivity contribution is 8.01. The standard InChI is InChI=1S/C18H22N2O4S2/c1-4-24-13-9-18(15(22)23,17(13,2)3)20-14(21)10-25-16-19-11-7-5-6-8-12(11)26-16/h5-8,13H,4,9-10H2,1-3H3,(H,20,21)(H,22,23). The number of para-hydroxylation sites is 1. The second-order valence-corrected chi connectivity index (χ2v) is 9.12. The van der Waals surface area contributed by atoms with E-state index >= 15 is 0 Å². The number of rotatable bonds is 7. The molecule has 0 radical (unpaired) electrons. The maximum Gasteiger partial charge on any atom is 0.330 e. The van der Waals surface area contributed by atoms with Crippen LogP contribution in [0.2, 0.25) is 0 Å². The Morgan fingerprint density at radius 1 is 1.42 bits per heavy atom. The van der Waals surface area contributed by atoms with Crippen LogP contribution in [0.5, 0.6) is 0 Å². The van der Waals surface area contributed by atoms with E-state index in [1.807, 2.05) is 45.0 Å². The molecule has 0 aliphatic heterocycles. The van der Waals surface area contributed by atoms with E-state index in [4.69, 9.17) is 4.74 Å². The zero-order valence-corrected chi connectivity index (χ0v) is 16.6. The molecule has 1 heterocycles. The van der Waals surface area contributed by atoms with Gasteiger partial charge >= 0.3 is 5.97 Å². The molecule has 26 heavy (non-hydrogen) atoms. The molecular formula is C18H22N2O4S2. The molecule has 2 aromatic rings. The predicted molar refractivity (Wildman–Crippen MR) is 103 cm³/mol. The number of thioether (sulfide) groups is 1. The second-order valence-electron chi connectivity index (χ2n) is 6.86. The normalized spacial score (nSPS) is 24.2. The Kier molecular flexibility index (Phi) is 5.28. The molecule has 2 N–H and O–H groups in total. The van der Waals surface area contributed by atoms with Gasteiger partial charge in [0, 0.05) is 18.4 Å². The fraction of sp³-hybridized carbons (Fsp3) is 0.500. The van der Waals surface area contributed by atoms with Crippen LogP contribution in [0.25, 0.3) is 10.2 Å². The van der Waals surface area contributed by atoms with Crippen LogP contribution in [0.15, 0.2) is 28.6 Å². The lowest BCUT2D eigenvalue weighted by molar-refractivity contribution is -0.194. The first kappa shape index (κ1) is 19.1. The molecule has 1 aromatic heterocycles. The average molecular weight is 395 g/mol. The Morgan fingerprint density at radius 3 is 2.77 bits per heavy atom. The van der Waals surface area contributed by atoms with Gasteiger partial charge < -0.3 is 15.2 Å². The fourth-order valence-corrected chi connectivity index (χ4v) is 5.22. The molecule has 6 nitrogen and oxygen atoms in total. The highest BCUT2D eigenvalue weighted by atomic mass is 32.2. The number of carbonyl (C=O) groups is 2. The van der Waals surface area contributed by atoms with Gasteiger partial charge in [-0.1, -0.05) is 37.7 Å². The van der Waals surface area contributed by atoms with Crippen molar-refractivity contribution in [3.8, 4) is 0 Å². The molecular weight excluding hydrogens is 372 g/mol. The Morgan fingerprint density at radius 2 is 2.15 bits per heavy atom. The summed E-state index contributed by atoms with van der Waals surface area (Å²) in [5.74, 6) is -1.19. The Hall–Kier alpha value is -1.64. The maximum atomic E-state index is 12.4. The number of aromatic nitrogens is 1. The lowest BCUT2D eigenvalue weighted by atomic mass is 9.54. The van der Waals surface area contributed by atoms with Crippen LogP contribution < -0.4 is 5.32 Å². The maximum absolute atomic E-state index is 12.4. The number of thiazole rings is 1. The summed E-state index contributed by atoms with van der Waals surface area (Å²) in [6.45, 7) is 6.05. The number of amides is 1. The quantitative estimate of drug-likeness (QED) is 0.701. The van der Waals surface area contributed by atoms with Gasteiger partial charge in [0.2, 0.25) is 5.91 Å². The summed E-state index contributed by atoms with van der Waals surface area (Å²) >= 11 is 2.85. The smallest absolute Gasteiger partial charge is 0.330 e. The van der Waals surface area contributed by atoms with Crippen molar-refractivity contribution in [2.75, 3.05) is 12.4 Å². The fourth-order valence-electron chi connectivity index (χ4n) is 3.35. The molecule has 1 aliphatic rings. The van der Waals surface area contributed by atoms with Crippen LogP contribution in [0.3, 0.4) is 0 Å². The summed E-state index contributed by atoms with van der Waals surface area (Å²) in [4.78, 5) is 28.8. The minimum Gasteiger partial charge on any atom is -0.479 e. The molecule has 1 aliphatic carbocycles. The number of hydrogen-bond donors (Lipinski definition) is 2. The summed E-state index contributed by atoms with van der Waals surface area (Å²) in [7, 11) is 0. The van der Waals surface area contributed by atoms with Crippen LogP contribution in [0, 0.1) is 5.41 Å². The molecule has 8 heteroatoms. The van der Waals surface area contributed by atoms with Gasteiger partial charge in [0.05, 0.1) is 22.1 Å². The number of ether oxygens (including phenoxy) is 1. The number of aliphatic carboxylic acids is 1. The van der Waals surface area contributed by atoms with Crippen LogP contribution in [0.1, 0.15) is 27.2 Å². The number of carbonyl (C=O) groups excluding carboxylic acids is 1. The summed E-state index contributed by atoms with van der Waals surface area (Å²) in [6.07, 6.45) is 0.0987. The minimum atomic E-state index is -1.29. The van der Waals surface area contributed by atoms with Crippen LogP contribution in [0.4, 0.5) is 0 Å². The van der Waals surface area contributed by atoms with Gasteiger partial charge in [0.15, 0.2) is 4.34 Å². The molecule has 1 aromatic carbocycles. The zero-order valence-electron chi connectivity index (χ0n) is 14.9. The van der Waals surface area contributed by atoms with Crippen molar-refractivity contribution in [2.45, 2.75) is 43.2 Å². The number of nitrogens with zero attached hydrogens (tertiary/aromatic N) is 1. The van der Waals surface area contributed by atoms with Crippen molar-refractivity contribution in [3.05, 3.63) is 24.3 Å². The van der Waals surface area contributed by atoms with E-state index in [-0.39, 0.29) is 24.2 Å².